The number of rotatable bonds is 16. The molecule has 7 heteroatoms. The number of carbonyl (C=O) groups is 2. The van der Waals surface area contributed by atoms with E-state index < -0.39 is 14.0 Å². The molecular weight excluding hydrogens is 595 g/mol. The molecule has 6 nitrogen and oxygen atoms in total. The van der Waals surface area contributed by atoms with Crippen LogP contribution < -0.4 is 20.7 Å². The minimum Gasteiger partial charge on any atom is -0.497 e. The van der Waals surface area contributed by atoms with Crippen LogP contribution in [0.25, 0.3) is 0 Å². The second-order valence-corrected chi connectivity index (χ2v) is 13.3. The van der Waals surface area contributed by atoms with Gasteiger partial charge in [-0.3, -0.25) is 0 Å². The predicted molar refractivity (Wildman–Crippen MR) is 186 cm³/mol. The van der Waals surface area contributed by atoms with E-state index in [1.54, 1.807) is 20.1 Å². The van der Waals surface area contributed by atoms with Gasteiger partial charge in [-0.05, 0) is 66.9 Å². The van der Waals surface area contributed by atoms with Crippen molar-refractivity contribution < 1.29 is 28.5 Å². The Morgan fingerprint density at radius 3 is 2.00 bits per heavy atom. The van der Waals surface area contributed by atoms with Crippen LogP contribution in [0.15, 0.2) is 121 Å². The Morgan fingerprint density at radius 1 is 0.783 bits per heavy atom. The molecular formula is C39H43O6P. The fourth-order valence-electron chi connectivity index (χ4n) is 5.29. The summed E-state index contributed by atoms with van der Waals surface area (Å²) in [6.45, 7) is 6.96. The summed E-state index contributed by atoms with van der Waals surface area (Å²) in [6, 6.07) is 36.1. The molecule has 46 heavy (non-hydrogen) atoms. The summed E-state index contributed by atoms with van der Waals surface area (Å²) >= 11 is 0. The minimum absolute atomic E-state index is 0.0915. The molecule has 0 aromatic heterocycles. The zero-order chi connectivity index (χ0) is 32.7. The van der Waals surface area contributed by atoms with Crippen molar-refractivity contribution in [3.05, 3.63) is 132 Å². The van der Waals surface area contributed by atoms with Crippen LogP contribution >= 0.6 is 7.92 Å². The molecule has 4 aromatic rings. The van der Waals surface area contributed by atoms with Crippen LogP contribution in [0.1, 0.15) is 43.1 Å². The molecule has 0 saturated carbocycles. The van der Waals surface area contributed by atoms with E-state index in [9.17, 15) is 9.59 Å². The van der Waals surface area contributed by atoms with E-state index in [1.807, 2.05) is 98.8 Å². The average molecular weight is 639 g/mol. The van der Waals surface area contributed by atoms with E-state index in [0.717, 1.165) is 27.2 Å². The number of hydrogen-bond acceptors (Lipinski definition) is 6. The van der Waals surface area contributed by atoms with Gasteiger partial charge in [-0.1, -0.05) is 111 Å². The van der Waals surface area contributed by atoms with Crippen molar-refractivity contribution in [2.75, 3.05) is 20.3 Å². The van der Waals surface area contributed by atoms with Crippen LogP contribution in [0.5, 0.6) is 5.75 Å². The number of benzene rings is 4. The first-order valence-corrected chi connectivity index (χ1v) is 17.0. The van der Waals surface area contributed by atoms with Gasteiger partial charge in [0.15, 0.2) is 0 Å². The van der Waals surface area contributed by atoms with Crippen molar-refractivity contribution in [3.8, 4) is 5.75 Å². The monoisotopic (exact) mass is 638 g/mol. The maximum absolute atomic E-state index is 14.1. The topological polar surface area (TPSA) is 71.1 Å². The van der Waals surface area contributed by atoms with Crippen molar-refractivity contribution in [3.63, 3.8) is 0 Å². The molecule has 0 saturated heterocycles. The van der Waals surface area contributed by atoms with Crippen LogP contribution in [-0.4, -0.2) is 38.4 Å². The molecule has 0 unspecified atom stereocenters. The average Bonchev–Trinajstić information content (AvgIpc) is 3.08. The van der Waals surface area contributed by atoms with E-state index in [-0.39, 0.29) is 23.8 Å². The van der Waals surface area contributed by atoms with Crippen molar-refractivity contribution in [2.45, 2.75) is 39.9 Å². The highest BCUT2D eigenvalue weighted by atomic mass is 31.1. The molecule has 4 aromatic carbocycles. The van der Waals surface area contributed by atoms with E-state index >= 15 is 0 Å². The van der Waals surface area contributed by atoms with Crippen LogP contribution in [0, 0.1) is 11.8 Å². The lowest BCUT2D eigenvalue weighted by atomic mass is 9.91. The van der Waals surface area contributed by atoms with Gasteiger partial charge in [0.25, 0.3) is 0 Å². The zero-order valence-corrected chi connectivity index (χ0v) is 27.9. The molecule has 3 atom stereocenters. The predicted octanol–water partition coefficient (Wildman–Crippen LogP) is 6.98. The summed E-state index contributed by atoms with van der Waals surface area (Å²) in [5, 5.41) is 3.24. The summed E-state index contributed by atoms with van der Waals surface area (Å²) < 4.78 is 22.8. The summed E-state index contributed by atoms with van der Waals surface area (Å²) in [5.41, 5.74) is 1.57. The fourth-order valence-corrected chi connectivity index (χ4v) is 7.72. The van der Waals surface area contributed by atoms with E-state index in [1.165, 1.54) is 6.08 Å². The number of hydrogen-bond donors (Lipinski definition) is 0. The van der Waals surface area contributed by atoms with E-state index in [4.69, 9.17) is 18.9 Å². The highest BCUT2D eigenvalue weighted by molar-refractivity contribution is 7.80. The number of ether oxygens (including phenoxy) is 4. The lowest BCUT2D eigenvalue weighted by Gasteiger charge is -2.30. The molecule has 0 spiro atoms. The maximum atomic E-state index is 14.1. The van der Waals surface area contributed by atoms with E-state index in [0.29, 0.717) is 31.8 Å². The van der Waals surface area contributed by atoms with Gasteiger partial charge in [0.05, 0.1) is 32.5 Å². The largest absolute Gasteiger partial charge is 0.497 e. The van der Waals surface area contributed by atoms with Crippen molar-refractivity contribution >= 4 is 35.8 Å². The SMILES string of the molecule is CCOC(=O)/C=C/C[C@H](C)[C@H](OC(=O)c1ccccc1P(c1ccccc1)c1ccccc1)[C@H](C)COCc1ccc(OC)cc1. The molecule has 0 aliphatic rings. The number of methoxy groups -OCH3 is 1. The Bertz CT molecular complexity index is 1500. The summed E-state index contributed by atoms with van der Waals surface area (Å²) in [5.74, 6) is -0.181. The highest BCUT2D eigenvalue weighted by Crippen LogP contribution is 2.34. The van der Waals surface area contributed by atoms with Gasteiger partial charge in [0.1, 0.15) is 11.9 Å². The molecule has 0 bridgehead atoms. The third-order valence-electron chi connectivity index (χ3n) is 7.62. The van der Waals surface area contributed by atoms with E-state index in [2.05, 4.69) is 24.3 Å². The molecule has 240 valence electrons. The lowest BCUT2D eigenvalue weighted by Crippen LogP contribution is -2.35. The van der Waals surface area contributed by atoms with Crippen molar-refractivity contribution in [2.24, 2.45) is 11.8 Å². The van der Waals surface area contributed by atoms with Gasteiger partial charge in [-0.2, -0.15) is 0 Å². The fraction of sp³-hybridized carbons (Fsp3) is 0.282. The number of esters is 2. The quantitative estimate of drug-likeness (QED) is 0.0750. The standard InChI is InChI=1S/C39H43O6P/c1-5-44-37(40)22-14-15-29(2)38(30(3)27-43-28-31-23-25-32(42-4)26-24-31)45-39(41)35-20-12-13-21-36(35)46(33-16-8-6-9-17-33)34-18-10-7-11-19-34/h6-14,16-26,29-30,38H,5,15,27-28H2,1-4H3/b22-14+/t29-,30+,38-/m0/s1. The molecule has 0 aliphatic heterocycles. The Kier molecular flexibility index (Phi) is 13.6. The maximum Gasteiger partial charge on any atom is 0.339 e. The van der Waals surface area contributed by atoms with Gasteiger partial charge < -0.3 is 18.9 Å². The van der Waals surface area contributed by atoms with Gasteiger partial charge in [-0.25, -0.2) is 9.59 Å². The zero-order valence-electron chi connectivity index (χ0n) is 27.0. The molecule has 0 heterocycles. The van der Waals surface area contributed by atoms with Crippen molar-refractivity contribution in [1.82, 2.24) is 0 Å². The first kappa shape index (κ1) is 34.6. The Balaban J connectivity index is 1.57. The molecule has 0 aliphatic carbocycles. The number of allylic oxidation sites excluding steroid dienone is 1. The lowest BCUT2D eigenvalue weighted by molar-refractivity contribution is -0.137. The third kappa shape index (κ3) is 9.87. The minimum atomic E-state index is -1.01. The first-order chi connectivity index (χ1) is 22.4. The molecule has 0 radical (unpaired) electrons. The van der Waals surface area contributed by atoms with Crippen LogP contribution in [0.4, 0.5) is 0 Å². The Hall–Kier alpha value is -4.25. The number of carbonyl (C=O) groups excluding carboxylic acids is 2. The van der Waals surface area contributed by atoms with Crippen LogP contribution in [0.2, 0.25) is 0 Å². The second kappa shape index (κ2) is 18.0. The normalized spacial score (nSPS) is 13.2. The molecule has 0 amide bonds. The van der Waals surface area contributed by atoms with Crippen molar-refractivity contribution in [1.29, 1.82) is 0 Å². The van der Waals surface area contributed by atoms with Crippen LogP contribution in [-0.2, 0) is 25.6 Å². The van der Waals surface area contributed by atoms with Gasteiger partial charge >= 0.3 is 11.9 Å². The van der Waals surface area contributed by atoms with Crippen LogP contribution in [0.3, 0.4) is 0 Å². The Labute approximate surface area is 274 Å². The first-order valence-electron chi connectivity index (χ1n) is 15.7. The molecule has 0 fully saturated rings. The van der Waals surface area contributed by atoms with Gasteiger partial charge in [0.2, 0.25) is 0 Å². The van der Waals surface area contributed by atoms with Gasteiger partial charge in [0, 0.05) is 12.0 Å². The smallest absolute Gasteiger partial charge is 0.339 e. The highest BCUT2D eigenvalue weighted by Gasteiger charge is 2.30. The summed E-state index contributed by atoms with van der Waals surface area (Å²) in [7, 11) is 0.628. The Morgan fingerprint density at radius 2 is 1.39 bits per heavy atom. The summed E-state index contributed by atoms with van der Waals surface area (Å²) in [6.07, 6.45) is 3.28. The molecule has 4 rings (SSSR count). The third-order valence-corrected chi connectivity index (χ3v) is 10.1. The van der Waals surface area contributed by atoms with Gasteiger partial charge in [-0.15, -0.1) is 0 Å². The summed E-state index contributed by atoms with van der Waals surface area (Å²) in [4.78, 5) is 26.0. The molecule has 0 N–H and O–H groups in total. The second-order valence-electron chi connectivity index (χ2n) is 11.1.